The van der Waals surface area contributed by atoms with Crippen LogP contribution in [0.5, 0.6) is 0 Å². The topological polar surface area (TPSA) is 28.2 Å². The van der Waals surface area contributed by atoms with E-state index in [1.807, 2.05) is 12.4 Å². The van der Waals surface area contributed by atoms with Gasteiger partial charge in [-0.3, -0.25) is 4.98 Å². The lowest BCUT2D eigenvalue weighted by Gasteiger charge is -2.38. The third-order valence-corrected chi connectivity index (χ3v) is 3.24. The molecule has 1 atom stereocenters. The minimum Gasteiger partial charge on any atom is -0.366 e. The highest BCUT2D eigenvalue weighted by molar-refractivity contribution is 5.46. The molecule has 1 aliphatic heterocycles. The molecule has 1 aliphatic rings. The molecule has 3 nitrogen and oxygen atoms in total. The molecule has 2 heterocycles. The maximum Gasteiger partial charge on any atom is 0.0415 e. The Morgan fingerprint density at radius 3 is 3.00 bits per heavy atom. The fourth-order valence-electron chi connectivity index (χ4n) is 2.33. The standard InChI is InChI=1S/C13H21N3/c1-2-3-4-13-11-15-9-10-16(13)12-5-7-14-8-6-12/h5-8,13,15H,2-4,9-11H2,1H3. The normalized spacial score (nSPS) is 21.1. The van der Waals surface area contributed by atoms with Gasteiger partial charge in [0.25, 0.3) is 0 Å². The highest BCUT2D eigenvalue weighted by Gasteiger charge is 2.21. The van der Waals surface area contributed by atoms with Crippen molar-refractivity contribution in [3.05, 3.63) is 24.5 Å². The molecule has 2 rings (SSSR count). The molecule has 1 saturated heterocycles. The Morgan fingerprint density at radius 1 is 1.44 bits per heavy atom. The average molecular weight is 219 g/mol. The highest BCUT2D eigenvalue weighted by Crippen LogP contribution is 2.20. The summed E-state index contributed by atoms with van der Waals surface area (Å²) in [7, 11) is 0. The number of nitrogens with one attached hydrogen (secondary N) is 1. The Hall–Kier alpha value is -1.09. The maximum atomic E-state index is 4.09. The van der Waals surface area contributed by atoms with Crippen molar-refractivity contribution in [3.8, 4) is 0 Å². The average Bonchev–Trinajstić information content (AvgIpc) is 2.38. The number of anilines is 1. The van der Waals surface area contributed by atoms with E-state index in [4.69, 9.17) is 0 Å². The van der Waals surface area contributed by atoms with E-state index in [0.717, 1.165) is 19.6 Å². The predicted molar refractivity (Wildman–Crippen MR) is 67.8 cm³/mol. The molecule has 0 aromatic carbocycles. The summed E-state index contributed by atoms with van der Waals surface area (Å²) in [5, 5.41) is 3.49. The van der Waals surface area contributed by atoms with E-state index in [1.165, 1.54) is 24.9 Å². The van der Waals surface area contributed by atoms with Crippen molar-refractivity contribution in [2.24, 2.45) is 0 Å². The lowest BCUT2D eigenvalue weighted by Crippen LogP contribution is -2.51. The molecule has 1 fully saturated rings. The summed E-state index contributed by atoms with van der Waals surface area (Å²) in [6.45, 7) is 5.57. The maximum absolute atomic E-state index is 4.09. The van der Waals surface area contributed by atoms with Crippen LogP contribution >= 0.6 is 0 Å². The molecule has 0 saturated carbocycles. The molecular formula is C13H21N3. The zero-order chi connectivity index (χ0) is 11.2. The summed E-state index contributed by atoms with van der Waals surface area (Å²) in [5.41, 5.74) is 1.32. The summed E-state index contributed by atoms with van der Waals surface area (Å²) in [6, 6.07) is 4.88. The molecule has 0 bridgehead atoms. The molecule has 1 N–H and O–H groups in total. The molecule has 0 radical (unpaired) electrons. The Morgan fingerprint density at radius 2 is 2.25 bits per heavy atom. The third kappa shape index (κ3) is 2.73. The van der Waals surface area contributed by atoms with Gasteiger partial charge in [0, 0.05) is 43.8 Å². The molecule has 1 aromatic rings. The van der Waals surface area contributed by atoms with Crippen LogP contribution in [0.1, 0.15) is 26.2 Å². The molecule has 88 valence electrons. The number of aromatic nitrogens is 1. The number of hydrogen-bond donors (Lipinski definition) is 1. The predicted octanol–water partition coefficient (Wildman–Crippen LogP) is 2.05. The zero-order valence-electron chi connectivity index (χ0n) is 10.0. The van der Waals surface area contributed by atoms with E-state index in [0.29, 0.717) is 6.04 Å². The van der Waals surface area contributed by atoms with Gasteiger partial charge in [-0.15, -0.1) is 0 Å². The zero-order valence-corrected chi connectivity index (χ0v) is 10.0. The van der Waals surface area contributed by atoms with E-state index < -0.39 is 0 Å². The molecule has 16 heavy (non-hydrogen) atoms. The summed E-state index contributed by atoms with van der Waals surface area (Å²) in [4.78, 5) is 6.61. The number of rotatable bonds is 4. The van der Waals surface area contributed by atoms with Crippen molar-refractivity contribution in [1.82, 2.24) is 10.3 Å². The van der Waals surface area contributed by atoms with Gasteiger partial charge in [-0.1, -0.05) is 19.8 Å². The number of unbranched alkanes of at least 4 members (excludes halogenated alkanes) is 1. The van der Waals surface area contributed by atoms with Gasteiger partial charge in [0.05, 0.1) is 0 Å². The number of nitrogens with zero attached hydrogens (tertiary/aromatic N) is 2. The van der Waals surface area contributed by atoms with Crippen LogP contribution in [-0.4, -0.2) is 30.7 Å². The van der Waals surface area contributed by atoms with Crippen molar-refractivity contribution in [3.63, 3.8) is 0 Å². The summed E-state index contributed by atoms with van der Waals surface area (Å²) in [6.07, 6.45) is 7.64. The first-order valence-corrected chi connectivity index (χ1v) is 6.29. The van der Waals surface area contributed by atoms with Crippen LogP contribution in [0.15, 0.2) is 24.5 Å². The van der Waals surface area contributed by atoms with Crippen LogP contribution in [0, 0.1) is 0 Å². The van der Waals surface area contributed by atoms with E-state index in [2.05, 4.69) is 34.3 Å². The van der Waals surface area contributed by atoms with E-state index >= 15 is 0 Å². The van der Waals surface area contributed by atoms with Crippen LogP contribution in [0.3, 0.4) is 0 Å². The Kier molecular flexibility index (Phi) is 4.17. The molecule has 3 heteroatoms. The van der Waals surface area contributed by atoms with Gasteiger partial charge in [-0.2, -0.15) is 0 Å². The molecule has 1 unspecified atom stereocenters. The smallest absolute Gasteiger partial charge is 0.0415 e. The van der Waals surface area contributed by atoms with E-state index in [9.17, 15) is 0 Å². The molecule has 0 amide bonds. The van der Waals surface area contributed by atoms with Crippen LogP contribution in [0.4, 0.5) is 5.69 Å². The van der Waals surface area contributed by atoms with Crippen molar-refractivity contribution < 1.29 is 0 Å². The Bertz CT molecular complexity index is 299. The number of hydrogen-bond acceptors (Lipinski definition) is 3. The van der Waals surface area contributed by atoms with Gasteiger partial charge in [0.15, 0.2) is 0 Å². The van der Waals surface area contributed by atoms with Crippen molar-refractivity contribution in [1.29, 1.82) is 0 Å². The molecule has 1 aromatic heterocycles. The number of piperazine rings is 1. The monoisotopic (exact) mass is 219 g/mol. The van der Waals surface area contributed by atoms with Crippen molar-refractivity contribution in [2.75, 3.05) is 24.5 Å². The Balaban J connectivity index is 2.04. The van der Waals surface area contributed by atoms with Crippen molar-refractivity contribution >= 4 is 5.69 Å². The van der Waals surface area contributed by atoms with Crippen molar-refractivity contribution in [2.45, 2.75) is 32.2 Å². The SMILES string of the molecule is CCCCC1CNCCN1c1ccncc1. The molecular weight excluding hydrogens is 198 g/mol. The summed E-state index contributed by atoms with van der Waals surface area (Å²) < 4.78 is 0. The lowest BCUT2D eigenvalue weighted by molar-refractivity contribution is 0.443. The van der Waals surface area contributed by atoms with Gasteiger partial charge < -0.3 is 10.2 Å². The van der Waals surface area contributed by atoms with Gasteiger partial charge in [0.1, 0.15) is 0 Å². The van der Waals surface area contributed by atoms with Gasteiger partial charge in [-0.05, 0) is 18.6 Å². The fourth-order valence-corrected chi connectivity index (χ4v) is 2.33. The highest BCUT2D eigenvalue weighted by atomic mass is 15.2. The van der Waals surface area contributed by atoms with Crippen LogP contribution in [0.25, 0.3) is 0 Å². The first-order chi connectivity index (χ1) is 7.92. The van der Waals surface area contributed by atoms with Crippen LogP contribution in [-0.2, 0) is 0 Å². The molecule has 0 spiro atoms. The van der Waals surface area contributed by atoms with E-state index in [-0.39, 0.29) is 0 Å². The number of pyridine rings is 1. The minimum absolute atomic E-state index is 0.649. The van der Waals surface area contributed by atoms with Crippen LogP contribution < -0.4 is 10.2 Å². The summed E-state index contributed by atoms with van der Waals surface area (Å²) >= 11 is 0. The summed E-state index contributed by atoms with van der Waals surface area (Å²) in [5.74, 6) is 0. The fraction of sp³-hybridized carbons (Fsp3) is 0.615. The first kappa shape index (κ1) is 11.4. The van der Waals surface area contributed by atoms with Crippen LogP contribution in [0.2, 0.25) is 0 Å². The first-order valence-electron chi connectivity index (χ1n) is 6.29. The second-order valence-corrected chi connectivity index (χ2v) is 4.40. The Labute approximate surface area is 97.9 Å². The minimum atomic E-state index is 0.649. The molecule has 0 aliphatic carbocycles. The lowest BCUT2D eigenvalue weighted by atomic mass is 10.1. The third-order valence-electron chi connectivity index (χ3n) is 3.24. The van der Waals surface area contributed by atoms with Gasteiger partial charge in [-0.25, -0.2) is 0 Å². The second-order valence-electron chi connectivity index (χ2n) is 4.40. The van der Waals surface area contributed by atoms with Gasteiger partial charge in [0.2, 0.25) is 0 Å². The van der Waals surface area contributed by atoms with Gasteiger partial charge >= 0.3 is 0 Å². The second kappa shape index (κ2) is 5.85. The van der Waals surface area contributed by atoms with E-state index in [1.54, 1.807) is 0 Å². The quantitative estimate of drug-likeness (QED) is 0.840. The largest absolute Gasteiger partial charge is 0.366 e.